The van der Waals surface area contributed by atoms with Crippen LogP contribution in [0.1, 0.15) is 33.6 Å². The van der Waals surface area contributed by atoms with E-state index in [2.05, 4.69) is 5.32 Å². The molecule has 1 aromatic carbocycles. The fraction of sp³-hybridized carbons (Fsp3) is 0.621. The Morgan fingerprint density at radius 2 is 1.40 bits per heavy atom. The predicted molar refractivity (Wildman–Crippen MR) is 163 cm³/mol. The fourth-order valence-electron chi connectivity index (χ4n) is 4.77. The summed E-state index contributed by atoms with van der Waals surface area (Å²) in [5.74, 6) is 0.0403. The molecule has 0 fully saturated rings. The second-order valence-electron chi connectivity index (χ2n) is 11.0. The van der Waals surface area contributed by atoms with Gasteiger partial charge in [0.25, 0.3) is 0 Å². The topological polar surface area (TPSA) is 146 Å². The van der Waals surface area contributed by atoms with Crippen LogP contribution >= 0.6 is 0 Å². The van der Waals surface area contributed by atoms with Gasteiger partial charge in [0.2, 0.25) is 11.6 Å². The van der Waals surface area contributed by atoms with Crippen LogP contribution in [0.25, 0.3) is 0 Å². The van der Waals surface area contributed by atoms with E-state index in [4.69, 9.17) is 0 Å². The van der Waals surface area contributed by atoms with Gasteiger partial charge in [0.05, 0.1) is 19.6 Å². The number of rotatable bonds is 20. The van der Waals surface area contributed by atoms with E-state index in [0.717, 1.165) is 5.06 Å². The van der Waals surface area contributed by atoms with Gasteiger partial charge in [-0.05, 0) is 53.9 Å². The molecule has 1 aromatic rings. The average molecular weight is 589 g/mol. The smallest absolute Gasteiger partial charge is 0.239 e. The second-order valence-corrected chi connectivity index (χ2v) is 11.0. The average Bonchev–Trinajstić information content (AvgIpc) is 2.91. The summed E-state index contributed by atoms with van der Waals surface area (Å²) in [4.78, 5) is 55.6. The van der Waals surface area contributed by atoms with Gasteiger partial charge in [-0.3, -0.25) is 39.2 Å². The Kier molecular flexibility index (Phi) is 14.7. The van der Waals surface area contributed by atoms with E-state index in [-0.39, 0.29) is 54.1 Å². The van der Waals surface area contributed by atoms with Crippen LogP contribution in [-0.2, 0) is 19.2 Å². The fourth-order valence-corrected chi connectivity index (χ4v) is 4.77. The molecule has 0 spiro atoms. The molecule has 1 aliphatic heterocycles. The lowest BCUT2D eigenvalue weighted by Crippen LogP contribution is -2.48. The Hall–Kier alpha value is -3.23. The van der Waals surface area contributed by atoms with Crippen molar-refractivity contribution in [2.45, 2.75) is 39.8 Å². The Labute approximate surface area is 248 Å². The molecular formula is C29H46N7O6-. The van der Waals surface area contributed by atoms with Crippen molar-refractivity contribution in [3.05, 3.63) is 34.7 Å². The molecule has 13 nitrogen and oxygen atoms in total. The van der Waals surface area contributed by atoms with Crippen molar-refractivity contribution in [3.8, 4) is 0 Å². The molecule has 1 aliphatic rings. The minimum Gasteiger partial charge on any atom is -0.757 e. The van der Waals surface area contributed by atoms with Crippen LogP contribution in [0.15, 0.2) is 24.3 Å². The number of benzene rings is 1. The number of Topliss-reactive ketones (excluding diaryl/α,β-unsaturated/α-hetero) is 3. The lowest BCUT2D eigenvalue weighted by atomic mass is 10.2. The number of likely N-dealkylation sites (N-methyl/N-ethyl adjacent to an activating group) is 2. The summed E-state index contributed by atoms with van der Waals surface area (Å²) in [5, 5.41) is 28.8. The van der Waals surface area contributed by atoms with E-state index in [0.29, 0.717) is 63.5 Å². The van der Waals surface area contributed by atoms with Crippen LogP contribution in [0, 0.1) is 10.4 Å². The van der Waals surface area contributed by atoms with Crippen molar-refractivity contribution in [3.63, 3.8) is 0 Å². The van der Waals surface area contributed by atoms with Crippen LogP contribution in [0.5, 0.6) is 0 Å². The first-order chi connectivity index (χ1) is 19.9. The number of carbonyl (C=O) groups excluding carboxylic acids is 4. The second kappa shape index (κ2) is 17.7. The number of para-hydroxylation sites is 2. The minimum atomic E-state index is -0.842. The van der Waals surface area contributed by atoms with Crippen molar-refractivity contribution in [2.24, 2.45) is 0 Å². The third-order valence-electron chi connectivity index (χ3n) is 6.83. The highest BCUT2D eigenvalue weighted by Crippen LogP contribution is 2.30. The third-order valence-corrected chi connectivity index (χ3v) is 6.83. The molecule has 0 bridgehead atoms. The summed E-state index contributed by atoms with van der Waals surface area (Å²) in [6.45, 7) is 8.77. The van der Waals surface area contributed by atoms with Gasteiger partial charge in [-0.2, -0.15) is 4.74 Å². The normalized spacial score (nSPS) is 14.7. The van der Waals surface area contributed by atoms with Gasteiger partial charge in [0.1, 0.15) is 23.0 Å². The van der Waals surface area contributed by atoms with Crippen molar-refractivity contribution >= 4 is 40.8 Å². The molecule has 1 heterocycles. The standard InChI is InChI=1S/C29H46N7O6/c1-23(37)19-31(4)13-15-33(21-25(3)39)16-18-34(17-14-32(5)20-24(2)38)29(40)11-8-12-30-28-22-35(41)26-9-6-7-10-27(26)36(28)42/h6-7,9-10,22,28,30H,8,11-21H2,1-5H3/q-1. The molecule has 0 saturated heterocycles. The number of ketones is 3. The molecule has 13 heteroatoms. The zero-order chi connectivity index (χ0) is 31.2. The Morgan fingerprint density at radius 1 is 0.857 bits per heavy atom. The molecule has 1 amide bonds. The molecule has 0 radical (unpaired) electrons. The highest BCUT2D eigenvalue weighted by molar-refractivity contribution is 5.79. The lowest BCUT2D eigenvalue weighted by molar-refractivity contribution is -0.358. The Morgan fingerprint density at radius 3 is 2.02 bits per heavy atom. The summed E-state index contributed by atoms with van der Waals surface area (Å²) in [6.07, 6.45) is 1.10. The first-order valence-corrected chi connectivity index (χ1v) is 14.3. The minimum absolute atomic E-state index is 0.0144. The molecule has 1 atom stereocenters. The zero-order valence-electron chi connectivity index (χ0n) is 25.6. The number of amides is 1. The summed E-state index contributed by atoms with van der Waals surface area (Å²) in [6, 6.07) is 6.57. The van der Waals surface area contributed by atoms with Gasteiger partial charge in [0, 0.05) is 51.8 Å². The van der Waals surface area contributed by atoms with E-state index < -0.39 is 6.17 Å². The maximum atomic E-state index is 13.3. The number of anilines is 1. The zero-order valence-corrected chi connectivity index (χ0v) is 25.6. The monoisotopic (exact) mass is 588 g/mol. The van der Waals surface area contributed by atoms with Crippen LogP contribution in [0.2, 0.25) is 0 Å². The first-order valence-electron chi connectivity index (χ1n) is 14.3. The van der Waals surface area contributed by atoms with Crippen LogP contribution < -0.4 is 10.4 Å². The van der Waals surface area contributed by atoms with Crippen molar-refractivity contribution in [1.82, 2.24) is 24.9 Å². The quantitative estimate of drug-likeness (QED) is 0.130. The molecule has 1 unspecified atom stereocenters. The van der Waals surface area contributed by atoms with E-state index in [9.17, 15) is 29.6 Å². The van der Waals surface area contributed by atoms with Gasteiger partial charge in [0.15, 0.2) is 12.4 Å². The number of hydrogen-bond donors (Lipinski definition) is 1. The molecule has 0 aliphatic carbocycles. The van der Waals surface area contributed by atoms with Gasteiger partial charge in [-0.1, -0.05) is 12.1 Å². The predicted octanol–water partition coefficient (Wildman–Crippen LogP) is 0.674. The molecular weight excluding hydrogens is 542 g/mol. The van der Waals surface area contributed by atoms with Gasteiger partial charge < -0.3 is 20.4 Å². The van der Waals surface area contributed by atoms with Crippen LogP contribution in [0.4, 0.5) is 11.4 Å². The number of nitrogens with one attached hydrogen (secondary N) is 1. The third kappa shape index (κ3) is 12.3. The van der Waals surface area contributed by atoms with Crippen molar-refractivity contribution in [1.29, 1.82) is 0 Å². The van der Waals surface area contributed by atoms with Crippen LogP contribution in [-0.4, -0.2) is 140 Å². The Balaban J connectivity index is 1.95. The van der Waals surface area contributed by atoms with Gasteiger partial charge >= 0.3 is 0 Å². The summed E-state index contributed by atoms with van der Waals surface area (Å²) < 4.78 is 0.677. The summed E-state index contributed by atoms with van der Waals surface area (Å²) in [7, 11) is 3.68. The number of nitrogens with zero attached hydrogens (tertiary/aromatic N) is 6. The first kappa shape index (κ1) is 35.0. The van der Waals surface area contributed by atoms with Gasteiger partial charge in [-0.25, -0.2) is 0 Å². The highest BCUT2D eigenvalue weighted by atomic mass is 16.5. The number of carbonyl (C=O) groups is 4. The molecule has 0 saturated carbocycles. The molecule has 234 valence electrons. The van der Waals surface area contributed by atoms with Crippen molar-refractivity contribution in [2.75, 3.05) is 84.6 Å². The summed E-state index contributed by atoms with van der Waals surface area (Å²) in [5.41, 5.74) is 0.572. The molecule has 2 rings (SSSR count). The number of hydroxylamine groups is 1. The largest absolute Gasteiger partial charge is 0.757 e. The summed E-state index contributed by atoms with van der Waals surface area (Å²) >= 11 is 0. The van der Waals surface area contributed by atoms with E-state index in [1.165, 1.54) is 27.0 Å². The molecule has 42 heavy (non-hydrogen) atoms. The number of hydrogen-bond acceptors (Lipinski definition) is 11. The van der Waals surface area contributed by atoms with E-state index in [1.54, 1.807) is 29.2 Å². The highest BCUT2D eigenvalue weighted by Gasteiger charge is 2.24. The molecule has 1 N–H and O–H groups in total. The Bertz CT molecular complexity index is 1100. The van der Waals surface area contributed by atoms with E-state index in [1.807, 2.05) is 28.8 Å². The lowest BCUT2D eigenvalue weighted by Gasteiger charge is -2.39. The SMILES string of the molecule is CC(=O)CN(C)CCN(CCN(CCN(C)CC(C)=O)C(=O)CCCNC1C=[N+]([O-])c2ccccc2N1[O-])CC(C)=O. The maximum Gasteiger partial charge on any atom is 0.239 e. The van der Waals surface area contributed by atoms with Crippen LogP contribution in [0.3, 0.4) is 0 Å². The van der Waals surface area contributed by atoms with Gasteiger partial charge in [-0.15, -0.1) is 0 Å². The maximum absolute atomic E-state index is 13.3. The number of fused-ring (bicyclic) bond motifs is 1. The molecule has 0 aromatic heterocycles. The van der Waals surface area contributed by atoms with E-state index >= 15 is 0 Å². The van der Waals surface area contributed by atoms with Crippen molar-refractivity contribution < 1.29 is 23.9 Å².